The maximum atomic E-state index is 13.3. The van der Waals surface area contributed by atoms with Crippen LogP contribution in [0.15, 0.2) is 71.2 Å². The van der Waals surface area contributed by atoms with Gasteiger partial charge in [0.15, 0.2) is 4.90 Å². The summed E-state index contributed by atoms with van der Waals surface area (Å²) in [6, 6.07) is 14.4. The minimum Gasteiger partial charge on any atom is -0.588 e. The first kappa shape index (κ1) is 24.1. The Bertz CT molecular complexity index is 1320. The lowest BCUT2D eigenvalue weighted by Crippen LogP contribution is -2.47. The largest absolute Gasteiger partial charge is 0.588 e. The number of carbonyl (C=O) groups excluding carboxylic acids is 1. The Hall–Kier alpha value is -2.56. The first-order chi connectivity index (χ1) is 16.8. The summed E-state index contributed by atoms with van der Waals surface area (Å²) in [6.45, 7) is 2.81. The van der Waals surface area contributed by atoms with Gasteiger partial charge in [-0.1, -0.05) is 29.8 Å². The van der Waals surface area contributed by atoms with E-state index in [2.05, 4.69) is 9.71 Å². The Balaban J connectivity index is 1.23. The number of aromatic nitrogens is 2. The van der Waals surface area contributed by atoms with Crippen LogP contribution in [0, 0.1) is 0 Å². The zero-order valence-electron chi connectivity index (χ0n) is 19.1. The Labute approximate surface area is 215 Å². The molecule has 2 aromatic carbocycles. The molecule has 1 aliphatic heterocycles. The summed E-state index contributed by atoms with van der Waals surface area (Å²) in [7, 11) is 0. The summed E-state index contributed by atoms with van der Waals surface area (Å²) < 4.78 is 17.3. The van der Waals surface area contributed by atoms with E-state index >= 15 is 0 Å². The number of nitrogens with one attached hydrogen (secondary N) is 1. The van der Waals surface area contributed by atoms with Crippen molar-refractivity contribution in [1.82, 2.24) is 14.5 Å². The second-order valence-electron chi connectivity index (χ2n) is 8.69. The monoisotopic (exact) mass is 528 g/mol. The van der Waals surface area contributed by atoms with Gasteiger partial charge >= 0.3 is 0 Å². The van der Waals surface area contributed by atoms with Gasteiger partial charge in [0.2, 0.25) is 11.0 Å². The first-order valence-corrected chi connectivity index (χ1v) is 13.7. The minimum atomic E-state index is -1.43. The summed E-state index contributed by atoms with van der Waals surface area (Å²) in [5.41, 5.74) is 0.656. The van der Waals surface area contributed by atoms with Crippen LogP contribution in [0.3, 0.4) is 0 Å². The fourth-order valence-electron chi connectivity index (χ4n) is 4.53. The van der Waals surface area contributed by atoms with Crippen molar-refractivity contribution in [1.29, 1.82) is 0 Å². The molecule has 5 rings (SSSR count). The number of likely N-dealkylation sites (tertiary alicyclic amines) is 1. The van der Waals surface area contributed by atoms with Crippen molar-refractivity contribution >= 4 is 56.2 Å². The molecular weight excluding hydrogens is 504 g/mol. The predicted octanol–water partition coefficient (Wildman–Crippen LogP) is 4.96. The van der Waals surface area contributed by atoms with Crippen LogP contribution in [0.25, 0.3) is 10.9 Å². The van der Waals surface area contributed by atoms with Crippen LogP contribution in [0.1, 0.15) is 31.4 Å². The molecule has 0 spiro atoms. The van der Waals surface area contributed by atoms with Gasteiger partial charge in [0, 0.05) is 35.9 Å². The molecule has 0 saturated carbocycles. The van der Waals surface area contributed by atoms with Crippen LogP contribution in [-0.4, -0.2) is 43.1 Å². The Kier molecular flexibility index (Phi) is 6.78. The van der Waals surface area contributed by atoms with Crippen molar-refractivity contribution in [3.8, 4) is 0 Å². The number of anilines is 1. The van der Waals surface area contributed by atoms with Gasteiger partial charge in [0.1, 0.15) is 17.4 Å². The first-order valence-electron chi connectivity index (χ1n) is 11.3. The van der Waals surface area contributed by atoms with E-state index in [0.717, 1.165) is 16.5 Å². The molecule has 2 atom stereocenters. The van der Waals surface area contributed by atoms with Gasteiger partial charge in [0.25, 0.3) is 0 Å². The van der Waals surface area contributed by atoms with Gasteiger partial charge in [-0.15, -0.1) is 11.3 Å². The Morgan fingerprint density at radius 2 is 1.97 bits per heavy atom. The lowest BCUT2D eigenvalue weighted by atomic mass is 9.84. The fourth-order valence-corrected chi connectivity index (χ4v) is 6.20. The van der Waals surface area contributed by atoms with Crippen molar-refractivity contribution in [2.75, 3.05) is 17.8 Å². The van der Waals surface area contributed by atoms with E-state index < -0.39 is 17.0 Å². The third-order valence-electron chi connectivity index (χ3n) is 6.58. The third-order valence-corrected chi connectivity index (χ3v) is 8.71. The summed E-state index contributed by atoms with van der Waals surface area (Å²) in [5, 5.41) is 15.4. The molecule has 2 aromatic heterocycles. The number of nitrogens with zero attached hydrogens (tertiary/aromatic N) is 3. The van der Waals surface area contributed by atoms with E-state index in [0.29, 0.717) is 41.0 Å². The zero-order valence-corrected chi connectivity index (χ0v) is 21.4. The molecule has 0 bridgehead atoms. The molecule has 1 fully saturated rings. The van der Waals surface area contributed by atoms with Crippen LogP contribution in [0.2, 0.25) is 5.02 Å². The molecule has 182 valence electrons. The van der Waals surface area contributed by atoms with Gasteiger partial charge in [-0.3, -0.25) is 4.79 Å². The molecule has 10 heteroatoms. The highest BCUT2D eigenvalue weighted by molar-refractivity contribution is 7.93. The molecule has 0 radical (unpaired) electrons. The standard InChI is InChI=1S/C25H25ClN4O3S2/c1-17(30-12-8-18-2-5-20(26)16-22(18)30)23(31)29-13-9-25(32,10-14-29)19-3-6-21(7-4-19)35(33)28-24-27-11-15-34-24/h2-8,11-12,15-17,32H,9-10,13-14H2,1H3,(H,27,28)/t17-,35?/m1/s1. The number of rotatable bonds is 6. The van der Waals surface area contributed by atoms with Gasteiger partial charge in [-0.05, 0) is 61.0 Å². The summed E-state index contributed by atoms with van der Waals surface area (Å²) in [6.07, 6.45) is 4.43. The highest BCUT2D eigenvalue weighted by atomic mass is 35.5. The van der Waals surface area contributed by atoms with Gasteiger partial charge in [-0.25, -0.2) is 4.98 Å². The second kappa shape index (κ2) is 9.83. The number of hydrogen-bond donors (Lipinski definition) is 2. The molecule has 3 heterocycles. The van der Waals surface area contributed by atoms with Crippen LogP contribution < -0.4 is 4.72 Å². The molecule has 1 amide bonds. The fraction of sp³-hybridized carbons (Fsp3) is 0.280. The van der Waals surface area contributed by atoms with E-state index in [4.69, 9.17) is 11.6 Å². The molecule has 2 N–H and O–H groups in total. The quantitative estimate of drug-likeness (QED) is 0.345. The maximum absolute atomic E-state index is 13.3. The van der Waals surface area contributed by atoms with Crippen molar-refractivity contribution in [3.05, 3.63) is 76.9 Å². The smallest absolute Gasteiger partial charge is 0.245 e. The van der Waals surface area contributed by atoms with Gasteiger partial charge in [-0.2, -0.15) is 4.72 Å². The minimum absolute atomic E-state index is 0.0172. The average molecular weight is 529 g/mol. The SMILES string of the molecule is C[C@H](C(=O)N1CCC(O)(c2ccc([S+]([O-])Nc3nccs3)cc2)CC1)n1ccc2ccc(Cl)cc21. The number of benzene rings is 2. The number of aliphatic hydroxyl groups is 1. The van der Waals surface area contributed by atoms with Crippen molar-refractivity contribution in [2.24, 2.45) is 0 Å². The summed E-state index contributed by atoms with van der Waals surface area (Å²) in [5.74, 6) is 0.0172. The Morgan fingerprint density at radius 3 is 2.66 bits per heavy atom. The van der Waals surface area contributed by atoms with Crippen molar-refractivity contribution in [3.63, 3.8) is 0 Å². The molecule has 0 aliphatic carbocycles. The molecule has 1 aliphatic rings. The van der Waals surface area contributed by atoms with Crippen LogP contribution >= 0.6 is 22.9 Å². The van der Waals surface area contributed by atoms with Crippen molar-refractivity contribution < 1.29 is 14.5 Å². The molecule has 1 saturated heterocycles. The number of hydrogen-bond acceptors (Lipinski definition) is 6. The van der Waals surface area contributed by atoms with E-state index in [-0.39, 0.29) is 11.9 Å². The highest BCUT2D eigenvalue weighted by Gasteiger charge is 2.37. The van der Waals surface area contributed by atoms with E-state index in [1.807, 2.05) is 64.4 Å². The number of thiazole rings is 1. The summed E-state index contributed by atoms with van der Waals surface area (Å²) >= 11 is 6.12. The maximum Gasteiger partial charge on any atom is 0.245 e. The highest BCUT2D eigenvalue weighted by Crippen LogP contribution is 2.34. The number of amides is 1. The molecule has 35 heavy (non-hydrogen) atoms. The van der Waals surface area contributed by atoms with Crippen molar-refractivity contribution in [2.45, 2.75) is 36.3 Å². The van der Waals surface area contributed by atoms with E-state index in [9.17, 15) is 14.5 Å². The number of halogens is 1. The molecular formula is C25H25ClN4O3S2. The van der Waals surface area contributed by atoms with Crippen LogP contribution in [0.4, 0.5) is 5.13 Å². The van der Waals surface area contributed by atoms with E-state index in [1.54, 1.807) is 18.3 Å². The van der Waals surface area contributed by atoms with E-state index in [1.165, 1.54) is 11.3 Å². The molecule has 7 nitrogen and oxygen atoms in total. The zero-order chi connectivity index (χ0) is 24.6. The average Bonchev–Trinajstić information content (AvgIpc) is 3.53. The predicted molar refractivity (Wildman–Crippen MR) is 140 cm³/mol. The van der Waals surface area contributed by atoms with Crippen LogP contribution in [0.5, 0.6) is 0 Å². The van der Waals surface area contributed by atoms with Gasteiger partial charge < -0.3 is 19.1 Å². The molecule has 1 unspecified atom stereocenters. The number of fused-ring (bicyclic) bond motifs is 1. The lowest BCUT2D eigenvalue weighted by Gasteiger charge is -2.39. The molecule has 4 aromatic rings. The second-order valence-corrected chi connectivity index (χ2v) is 11.2. The summed E-state index contributed by atoms with van der Waals surface area (Å²) in [4.78, 5) is 19.8. The number of piperidine rings is 1. The van der Waals surface area contributed by atoms with Gasteiger partial charge in [0.05, 0.1) is 11.1 Å². The lowest BCUT2D eigenvalue weighted by molar-refractivity contribution is -0.138. The Morgan fingerprint density at radius 1 is 1.23 bits per heavy atom. The normalized spacial score (nSPS) is 17.3. The number of carbonyl (C=O) groups is 1. The third kappa shape index (κ3) is 4.92. The topological polar surface area (TPSA) is 93.5 Å². The van der Waals surface area contributed by atoms with Crippen LogP contribution in [-0.2, 0) is 21.8 Å².